The molecule has 0 amide bonds. The fourth-order valence-corrected chi connectivity index (χ4v) is 1.66. The van der Waals surface area contributed by atoms with Gasteiger partial charge in [0.15, 0.2) is 0 Å². The van der Waals surface area contributed by atoms with E-state index in [1.165, 1.54) is 0 Å². The molecule has 1 rings (SSSR count). The molecule has 0 aliphatic carbocycles. The van der Waals surface area contributed by atoms with Gasteiger partial charge in [-0.1, -0.05) is 0 Å². The van der Waals surface area contributed by atoms with Crippen molar-refractivity contribution in [1.82, 2.24) is 0 Å². The van der Waals surface area contributed by atoms with Crippen molar-refractivity contribution in [1.29, 1.82) is 0 Å². The Morgan fingerprint density at radius 3 is 2.46 bits per heavy atom. The van der Waals surface area contributed by atoms with Crippen LogP contribution in [0.1, 0.15) is 0 Å². The monoisotopic (exact) mass is 269 g/mol. The molecule has 0 aromatic heterocycles. The van der Waals surface area contributed by atoms with Crippen molar-refractivity contribution >= 4 is 26.0 Å². The number of phenols is 1. The van der Waals surface area contributed by atoms with Gasteiger partial charge < -0.3 is 5.11 Å². The standard InChI is InChI=1S/C6H5BrFNO3S/c7-3-1-4(8)6(2-5(3)10)13(9,11)12/h1-2,10H,(H2,9,11,12). The smallest absolute Gasteiger partial charge is 0.241 e. The van der Waals surface area contributed by atoms with Gasteiger partial charge in [0, 0.05) is 6.07 Å². The third-order valence-corrected chi connectivity index (χ3v) is 2.87. The van der Waals surface area contributed by atoms with E-state index >= 15 is 0 Å². The average Bonchev–Trinajstić information content (AvgIpc) is 1.94. The lowest BCUT2D eigenvalue weighted by Crippen LogP contribution is -2.13. The van der Waals surface area contributed by atoms with Crippen LogP contribution in [0.5, 0.6) is 5.75 Å². The van der Waals surface area contributed by atoms with Crippen molar-refractivity contribution in [3.8, 4) is 5.75 Å². The molecule has 0 unspecified atom stereocenters. The van der Waals surface area contributed by atoms with E-state index < -0.39 is 20.7 Å². The van der Waals surface area contributed by atoms with E-state index in [0.717, 1.165) is 12.1 Å². The summed E-state index contributed by atoms with van der Waals surface area (Å²) in [7, 11) is -4.13. The molecule has 3 N–H and O–H groups in total. The van der Waals surface area contributed by atoms with E-state index in [4.69, 9.17) is 5.11 Å². The van der Waals surface area contributed by atoms with Crippen LogP contribution in [0.15, 0.2) is 21.5 Å². The molecule has 4 nitrogen and oxygen atoms in total. The lowest BCUT2D eigenvalue weighted by molar-refractivity contribution is 0.464. The number of hydrogen-bond donors (Lipinski definition) is 2. The highest BCUT2D eigenvalue weighted by molar-refractivity contribution is 9.10. The Kier molecular flexibility index (Phi) is 2.60. The lowest BCUT2D eigenvalue weighted by Gasteiger charge is -2.02. The Bertz CT molecular complexity index is 445. The summed E-state index contributed by atoms with van der Waals surface area (Å²) in [6, 6.07) is 1.57. The fraction of sp³-hybridized carbons (Fsp3) is 0. The van der Waals surface area contributed by atoms with Gasteiger partial charge in [-0.15, -0.1) is 0 Å². The number of phenolic OH excluding ortho intramolecular Hbond substituents is 1. The molecule has 0 aliphatic rings. The predicted octanol–water partition coefficient (Wildman–Crippen LogP) is 0.941. The van der Waals surface area contributed by atoms with Crippen LogP contribution in [0, 0.1) is 5.82 Å². The minimum absolute atomic E-state index is 0.0670. The van der Waals surface area contributed by atoms with Gasteiger partial charge in [-0.25, -0.2) is 17.9 Å². The van der Waals surface area contributed by atoms with Crippen LogP contribution in [0.3, 0.4) is 0 Å². The summed E-state index contributed by atoms with van der Waals surface area (Å²) in [5.74, 6) is -1.39. The maximum Gasteiger partial charge on any atom is 0.241 e. The van der Waals surface area contributed by atoms with Crippen LogP contribution >= 0.6 is 15.9 Å². The summed E-state index contributed by atoms with van der Waals surface area (Å²) in [6.07, 6.45) is 0. The molecule has 0 saturated heterocycles. The molecule has 0 atom stereocenters. The van der Waals surface area contributed by atoms with Crippen LogP contribution < -0.4 is 5.14 Å². The molecule has 13 heavy (non-hydrogen) atoms. The zero-order valence-corrected chi connectivity index (χ0v) is 8.56. The Balaban J connectivity index is 3.50. The van der Waals surface area contributed by atoms with Crippen molar-refractivity contribution in [2.45, 2.75) is 4.90 Å². The van der Waals surface area contributed by atoms with Crippen LogP contribution in [0.25, 0.3) is 0 Å². The van der Waals surface area contributed by atoms with Crippen LogP contribution in [-0.4, -0.2) is 13.5 Å². The van der Waals surface area contributed by atoms with E-state index in [1.807, 2.05) is 0 Å². The molecule has 1 aromatic carbocycles. The van der Waals surface area contributed by atoms with Crippen molar-refractivity contribution in [2.24, 2.45) is 5.14 Å². The zero-order valence-electron chi connectivity index (χ0n) is 6.16. The first-order valence-corrected chi connectivity index (χ1v) is 5.37. The molecule has 7 heteroatoms. The summed E-state index contributed by atoms with van der Waals surface area (Å²) >= 11 is 2.82. The molecule has 0 saturated carbocycles. The Labute approximate surface area is 82.4 Å². The number of aromatic hydroxyl groups is 1. The first-order valence-electron chi connectivity index (χ1n) is 3.03. The van der Waals surface area contributed by atoms with Gasteiger partial charge in [-0.3, -0.25) is 0 Å². The Morgan fingerprint density at radius 2 is 2.00 bits per heavy atom. The Morgan fingerprint density at radius 1 is 1.46 bits per heavy atom. The molecule has 0 fully saturated rings. The van der Waals surface area contributed by atoms with E-state index in [0.29, 0.717) is 0 Å². The SMILES string of the molecule is NS(=O)(=O)c1cc(O)c(Br)cc1F. The largest absolute Gasteiger partial charge is 0.507 e. The molecule has 0 heterocycles. The number of hydrogen-bond acceptors (Lipinski definition) is 3. The third kappa shape index (κ3) is 2.17. The Hall–Kier alpha value is -0.660. The maximum absolute atomic E-state index is 12.9. The number of sulfonamides is 1. The number of rotatable bonds is 1. The van der Waals surface area contributed by atoms with Crippen molar-refractivity contribution in [2.75, 3.05) is 0 Å². The highest BCUT2D eigenvalue weighted by atomic mass is 79.9. The van der Waals surface area contributed by atoms with E-state index in [-0.39, 0.29) is 10.2 Å². The summed E-state index contributed by atoms with van der Waals surface area (Å²) in [6.45, 7) is 0. The second-order valence-electron chi connectivity index (χ2n) is 2.28. The van der Waals surface area contributed by atoms with E-state index in [1.54, 1.807) is 0 Å². The fourth-order valence-electron chi connectivity index (χ4n) is 0.736. The molecule has 0 spiro atoms. The number of nitrogens with two attached hydrogens (primary N) is 1. The molecule has 0 bridgehead atoms. The molecule has 72 valence electrons. The van der Waals surface area contributed by atoms with Gasteiger partial charge in [0.2, 0.25) is 10.0 Å². The molecular weight excluding hydrogens is 265 g/mol. The quantitative estimate of drug-likeness (QED) is 0.796. The minimum atomic E-state index is -4.13. The predicted molar refractivity (Wildman–Crippen MR) is 47.1 cm³/mol. The zero-order chi connectivity index (χ0) is 10.2. The summed E-state index contributed by atoms with van der Waals surface area (Å²) < 4.78 is 34.5. The number of halogens is 2. The van der Waals surface area contributed by atoms with Crippen LogP contribution in [0.2, 0.25) is 0 Å². The highest BCUT2D eigenvalue weighted by Crippen LogP contribution is 2.28. The van der Waals surface area contributed by atoms with Gasteiger partial charge in [-0.05, 0) is 22.0 Å². The van der Waals surface area contributed by atoms with Gasteiger partial charge in [-0.2, -0.15) is 0 Å². The highest BCUT2D eigenvalue weighted by Gasteiger charge is 2.16. The first-order chi connectivity index (χ1) is 5.82. The van der Waals surface area contributed by atoms with Crippen LogP contribution in [-0.2, 0) is 10.0 Å². The molecule has 0 aliphatic heterocycles. The van der Waals surface area contributed by atoms with Crippen LogP contribution in [0.4, 0.5) is 4.39 Å². The lowest BCUT2D eigenvalue weighted by atomic mass is 10.3. The van der Waals surface area contributed by atoms with Gasteiger partial charge in [0.1, 0.15) is 16.5 Å². The van der Waals surface area contributed by atoms with Crippen molar-refractivity contribution in [3.63, 3.8) is 0 Å². The first kappa shape index (κ1) is 10.4. The van der Waals surface area contributed by atoms with E-state index in [2.05, 4.69) is 21.1 Å². The minimum Gasteiger partial charge on any atom is -0.507 e. The second-order valence-corrected chi connectivity index (χ2v) is 4.66. The van der Waals surface area contributed by atoms with Gasteiger partial charge in [0.05, 0.1) is 4.47 Å². The summed E-state index contributed by atoms with van der Waals surface area (Å²) in [5.41, 5.74) is 0. The summed E-state index contributed by atoms with van der Waals surface area (Å²) in [4.78, 5) is -0.729. The van der Waals surface area contributed by atoms with E-state index in [9.17, 15) is 12.8 Å². The normalized spacial score (nSPS) is 11.6. The average molecular weight is 270 g/mol. The topological polar surface area (TPSA) is 80.4 Å². The molecule has 1 aromatic rings. The van der Waals surface area contributed by atoms with Crippen molar-refractivity contribution < 1.29 is 17.9 Å². The molecular formula is C6H5BrFNO3S. The van der Waals surface area contributed by atoms with Crippen molar-refractivity contribution in [3.05, 3.63) is 22.4 Å². The summed E-state index contributed by atoms with van der Waals surface area (Å²) in [5, 5.41) is 13.7. The third-order valence-electron chi connectivity index (χ3n) is 1.31. The number of benzene rings is 1. The molecule has 0 radical (unpaired) electrons. The van der Waals surface area contributed by atoms with Gasteiger partial charge in [0.25, 0.3) is 0 Å². The number of primary sulfonamides is 1. The maximum atomic E-state index is 12.9. The second kappa shape index (κ2) is 3.24. The van der Waals surface area contributed by atoms with Gasteiger partial charge >= 0.3 is 0 Å².